The number of carbonyl (C=O) groups excluding carboxylic acids is 1. The van der Waals surface area contributed by atoms with Gasteiger partial charge in [0.15, 0.2) is 0 Å². The third-order valence-corrected chi connectivity index (χ3v) is 6.19. The lowest BCUT2D eigenvalue weighted by Gasteiger charge is -2.38. The number of nitrogens with one attached hydrogen (secondary N) is 1. The molecule has 0 spiro atoms. The number of benzene rings is 1. The number of hydrogen-bond acceptors (Lipinski definition) is 4. The summed E-state index contributed by atoms with van der Waals surface area (Å²) in [6.45, 7) is 2.08. The first-order chi connectivity index (χ1) is 12.6. The summed E-state index contributed by atoms with van der Waals surface area (Å²) in [7, 11) is 1.68. The van der Waals surface area contributed by atoms with Gasteiger partial charge in [0.25, 0.3) is 0 Å². The lowest BCUT2D eigenvalue weighted by atomic mass is 9.69. The van der Waals surface area contributed by atoms with E-state index in [0.29, 0.717) is 19.8 Å². The molecule has 2 aliphatic rings. The molecule has 1 amide bonds. The SMILES string of the molecule is COc1ccc(C2(CNC(=O)C(N)C3CCOCC3)CCCCC2)cc1. The number of ether oxygens (including phenoxy) is 2. The van der Waals surface area contributed by atoms with Crippen molar-refractivity contribution in [3.05, 3.63) is 29.8 Å². The van der Waals surface area contributed by atoms with E-state index >= 15 is 0 Å². The molecule has 5 nitrogen and oxygen atoms in total. The second-order valence-corrected chi connectivity index (χ2v) is 7.76. The van der Waals surface area contributed by atoms with Gasteiger partial charge in [-0.2, -0.15) is 0 Å². The van der Waals surface area contributed by atoms with Gasteiger partial charge in [0.05, 0.1) is 13.2 Å². The predicted molar refractivity (Wildman–Crippen MR) is 102 cm³/mol. The summed E-state index contributed by atoms with van der Waals surface area (Å²) in [6, 6.07) is 7.89. The Balaban J connectivity index is 1.66. The van der Waals surface area contributed by atoms with Crippen molar-refractivity contribution in [3.63, 3.8) is 0 Å². The lowest BCUT2D eigenvalue weighted by molar-refractivity contribution is -0.124. The topological polar surface area (TPSA) is 73.6 Å². The van der Waals surface area contributed by atoms with Gasteiger partial charge < -0.3 is 20.5 Å². The first kappa shape index (κ1) is 19.2. The molecule has 1 aromatic carbocycles. The Kier molecular flexibility index (Phi) is 6.54. The van der Waals surface area contributed by atoms with Crippen molar-refractivity contribution in [1.82, 2.24) is 5.32 Å². The maximum atomic E-state index is 12.7. The molecule has 3 N–H and O–H groups in total. The smallest absolute Gasteiger partial charge is 0.237 e. The Morgan fingerprint density at radius 2 is 1.88 bits per heavy atom. The summed E-state index contributed by atoms with van der Waals surface area (Å²) in [6.07, 6.45) is 7.63. The van der Waals surface area contributed by atoms with Crippen LogP contribution in [0.5, 0.6) is 5.75 Å². The van der Waals surface area contributed by atoms with Gasteiger partial charge in [-0.3, -0.25) is 4.79 Å². The van der Waals surface area contributed by atoms with E-state index in [4.69, 9.17) is 15.2 Å². The van der Waals surface area contributed by atoms with Crippen molar-refractivity contribution >= 4 is 5.91 Å². The maximum absolute atomic E-state index is 12.7. The Labute approximate surface area is 156 Å². The van der Waals surface area contributed by atoms with Crippen LogP contribution in [0.15, 0.2) is 24.3 Å². The standard InChI is InChI=1S/C21H32N2O3/c1-25-18-7-5-17(6-8-18)21(11-3-2-4-12-21)15-23-20(24)19(22)16-9-13-26-14-10-16/h5-8,16,19H,2-4,9-15,22H2,1H3,(H,23,24). The number of methoxy groups -OCH3 is 1. The van der Waals surface area contributed by atoms with E-state index in [0.717, 1.165) is 31.4 Å². The van der Waals surface area contributed by atoms with Crippen LogP contribution >= 0.6 is 0 Å². The van der Waals surface area contributed by atoms with Crippen molar-refractivity contribution in [3.8, 4) is 5.75 Å². The molecule has 1 aromatic rings. The summed E-state index contributed by atoms with van der Waals surface area (Å²) >= 11 is 0. The Bertz CT molecular complexity index is 575. The highest BCUT2D eigenvalue weighted by atomic mass is 16.5. The Hall–Kier alpha value is -1.59. The fourth-order valence-corrected chi connectivity index (χ4v) is 4.40. The predicted octanol–water partition coefficient (Wildman–Crippen LogP) is 2.77. The third-order valence-electron chi connectivity index (χ3n) is 6.19. The van der Waals surface area contributed by atoms with Crippen LogP contribution in [0.2, 0.25) is 0 Å². The maximum Gasteiger partial charge on any atom is 0.237 e. The molecule has 1 heterocycles. The van der Waals surface area contributed by atoms with Crippen molar-refractivity contribution in [1.29, 1.82) is 0 Å². The third kappa shape index (κ3) is 4.38. The fraction of sp³-hybridized carbons (Fsp3) is 0.667. The van der Waals surface area contributed by atoms with Gasteiger partial charge in [0.1, 0.15) is 5.75 Å². The molecule has 1 aliphatic carbocycles. The van der Waals surface area contributed by atoms with Crippen molar-refractivity contribution in [2.24, 2.45) is 11.7 Å². The molecule has 1 unspecified atom stereocenters. The van der Waals surface area contributed by atoms with Crippen LogP contribution < -0.4 is 15.8 Å². The second-order valence-electron chi connectivity index (χ2n) is 7.76. The minimum absolute atomic E-state index is 0.00950. The van der Waals surface area contributed by atoms with Crippen molar-refractivity contribution < 1.29 is 14.3 Å². The zero-order valence-electron chi connectivity index (χ0n) is 15.8. The highest BCUT2D eigenvalue weighted by molar-refractivity contribution is 5.82. The Morgan fingerprint density at radius 1 is 1.23 bits per heavy atom. The monoisotopic (exact) mass is 360 g/mol. The molecular weight excluding hydrogens is 328 g/mol. The van der Waals surface area contributed by atoms with E-state index in [9.17, 15) is 4.79 Å². The minimum atomic E-state index is -0.435. The highest BCUT2D eigenvalue weighted by Crippen LogP contribution is 2.39. The Morgan fingerprint density at radius 3 is 2.50 bits per heavy atom. The summed E-state index contributed by atoms with van der Waals surface area (Å²) in [5, 5.41) is 3.18. The van der Waals surface area contributed by atoms with E-state index in [2.05, 4.69) is 17.4 Å². The molecule has 1 saturated carbocycles. The normalized spacial score (nSPS) is 21.8. The van der Waals surface area contributed by atoms with Gasteiger partial charge in [-0.1, -0.05) is 31.4 Å². The van der Waals surface area contributed by atoms with E-state index in [1.165, 1.54) is 24.8 Å². The van der Waals surface area contributed by atoms with Crippen LogP contribution in [0.25, 0.3) is 0 Å². The second kappa shape index (κ2) is 8.87. The van der Waals surface area contributed by atoms with E-state index in [1.54, 1.807) is 7.11 Å². The molecule has 1 aliphatic heterocycles. The molecule has 3 rings (SSSR count). The number of carbonyl (C=O) groups is 1. The summed E-state index contributed by atoms with van der Waals surface area (Å²) in [5.41, 5.74) is 7.54. The average molecular weight is 360 g/mol. The van der Waals surface area contributed by atoms with Gasteiger partial charge in [-0.25, -0.2) is 0 Å². The molecule has 0 aromatic heterocycles. The van der Waals surface area contributed by atoms with Crippen LogP contribution in [-0.4, -0.2) is 38.8 Å². The molecule has 0 bridgehead atoms. The van der Waals surface area contributed by atoms with E-state index < -0.39 is 6.04 Å². The molecule has 1 saturated heterocycles. The molecule has 0 radical (unpaired) electrons. The van der Waals surface area contributed by atoms with Crippen molar-refractivity contribution in [2.45, 2.75) is 56.4 Å². The minimum Gasteiger partial charge on any atom is -0.497 e. The average Bonchev–Trinajstić information content (AvgIpc) is 2.73. The zero-order chi connectivity index (χ0) is 18.4. The van der Waals surface area contributed by atoms with Gasteiger partial charge in [0.2, 0.25) is 5.91 Å². The van der Waals surface area contributed by atoms with Crippen LogP contribution in [0.3, 0.4) is 0 Å². The molecule has 144 valence electrons. The summed E-state index contributed by atoms with van der Waals surface area (Å²) in [4.78, 5) is 12.7. The molecule has 26 heavy (non-hydrogen) atoms. The van der Waals surface area contributed by atoms with Crippen LogP contribution in [0.4, 0.5) is 0 Å². The van der Waals surface area contributed by atoms with Crippen molar-refractivity contribution in [2.75, 3.05) is 26.9 Å². The summed E-state index contributed by atoms with van der Waals surface area (Å²) in [5.74, 6) is 1.08. The largest absolute Gasteiger partial charge is 0.497 e. The number of hydrogen-bond donors (Lipinski definition) is 2. The molecule has 2 fully saturated rings. The first-order valence-corrected chi connectivity index (χ1v) is 9.90. The summed E-state index contributed by atoms with van der Waals surface area (Å²) < 4.78 is 10.7. The molecule has 1 atom stereocenters. The van der Waals surface area contributed by atoms with Gasteiger partial charge in [-0.05, 0) is 49.3 Å². The number of nitrogens with two attached hydrogens (primary N) is 1. The van der Waals surface area contributed by atoms with Crippen LogP contribution in [0.1, 0.15) is 50.5 Å². The zero-order valence-corrected chi connectivity index (χ0v) is 15.8. The van der Waals surface area contributed by atoms with Gasteiger partial charge >= 0.3 is 0 Å². The highest BCUT2D eigenvalue weighted by Gasteiger charge is 2.35. The van der Waals surface area contributed by atoms with Crippen LogP contribution in [-0.2, 0) is 14.9 Å². The van der Waals surface area contributed by atoms with Gasteiger partial charge in [-0.15, -0.1) is 0 Å². The quantitative estimate of drug-likeness (QED) is 0.818. The van der Waals surface area contributed by atoms with Gasteiger partial charge in [0, 0.05) is 25.2 Å². The van der Waals surface area contributed by atoms with E-state index in [1.807, 2.05) is 12.1 Å². The lowest BCUT2D eigenvalue weighted by Crippen LogP contribution is -2.51. The molecule has 5 heteroatoms. The van der Waals surface area contributed by atoms with E-state index in [-0.39, 0.29) is 17.2 Å². The van der Waals surface area contributed by atoms with Crippen LogP contribution in [0, 0.1) is 5.92 Å². The molecular formula is C21H32N2O3. The number of amides is 1. The number of rotatable bonds is 6. The first-order valence-electron chi connectivity index (χ1n) is 9.90. The fourth-order valence-electron chi connectivity index (χ4n) is 4.40.